The highest BCUT2D eigenvalue weighted by Gasteiger charge is 2.36. The molecule has 1 N–H and O–H groups in total. The van der Waals surface area contributed by atoms with Crippen LogP contribution in [0.5, 0.6) is 17.4 Å². The molecule has 1 aliphatic rings. The number of amides is 3. The van der Waals surface area contributed by atoms with E-state index in [4.69, 9.17) is 9.47 Å². The molecule has 206 valence electrons. The Kier molecular flexibility index (Phi) is 7.92. The van der Waals surface area contributed by atoms with E-state index in [9.17, 15) is 24.5 Å². The summed E-state index contributed by atoms with van der Waals surface area (Å²) >= 11 is 0.739. The first-order valence-electron chi connectivity index (χ1n) is 12.4. The summed E-state index contributed by atoms with van der Waals surface area (Å²) in [5.74, 6) is -0.294. The number of rotatable bonds is 9. The SMILES string of the molecule is CCOc1cc(/C=C2\SC(=O)N(CC(=O)Nc3cccc4ccccc34)C2=O)ccc1Oc1ccc([N+](=O)[O-])cn1. The Morgan fingerprint density at radius 3 is 2.63 bits per heavy atom. The first-order valence-corrected chi connectivity index (χ1v) is 13.2. The first kappa shape index (κ1) is 27.3. The standard InChI is InChI=1S/C29H22N4O7S/c1-2-39-24-14-18(10-12-23(24)40-27-13-11-20(16-30-27)33(37)38)15-25-28(35)32(29(36)41-25)17-26(34)31-22-9-5-7-19-6-3-4-8-21(19)22/h3-16H,2,17H2,1H3,(H,31,34)/b25-15-. The normalized spacial score (nSPS) is 14.0. The molecular formula is C29H22N4O7S. The molecule has 2 heterocycles. The molecule has 0 bridgehead atoms. The number of nitrogens with one attached hydrogen (secondary N) is 1. The largest absolute Gasteiger partial charge is 0.490 e. The first-order chi connectivity index (χ1) is 19.8. The van der Waals surface area contributed by atoms with Gasteiger partial charge in [-0.25, -0.2) is 4.98 Å². The molecule has 1 aliphatic heterocycles. The van der Waals surface area contributed by atoms with Gasteiger partial charge in [-0.05, 0) is 53.9 Å². The van der Waals surface area contributed by atoms with Crippen LogP contribution in [0.3, 0.4) is 0 Å². The molecule has 4 aromatic rings. The number of imide groups is 1. The second-order valence-corrected chi connectivity index (χ2v) is 9.69. The van der Waals surface area contributed by atoms with Crippen molar-refractivity contribution in [3.8, 4) is 17.4 Å². The number of aromatic nitrogens is 1. The molecule has 1 aromatic heterocycles. The van der Waals surface area contributed by atoms with Crippen LogP contribution in [-0.2, 0) is 9.59 Å². The molecule has 3 aromatic carbocycles. The fourth-order valence-electron chi connectivity index (χ4n) is 4.08. The van der Waals surface area contributed by atoms with E-state index in [2.05, 4.69) is 10.3 Å². The zero-order valence-electron chi connectivity index (χ0n) is 21.6. The van der Waals surface area contributed by atoms with Crippen molar-refractivity contribution in [1.29, 1.82) is 0 Å². The number of thioether (sulfide) groups is 1. The van der Waals surface area contributed by atoms with Crippen molar-refractivity contribution in [2.24, 2.45) is 0 Å². The molecule has 5 rings (SSSR count). The fraction of sp³-hybridized carbons (Fsp3) is 0.103. The van der Waals surface area contributed by atoms with Crippen LogP contribution in [0, 0.1) is 10.1 Å². The van der Waals surface area contributed by atoms with Gasteiger partial charge in [-0.3, -0.25) is 29.4 Å². The number of ether oxygens (including phenoxy) is 2. The lowest BCUT2D eigenvalue weighted by molar-refractivity contribution is -0.385. The summed E-state index contributed by atoms with van der Waals surface area (Å²) < 4.78 is 11.4. The number of anilines is 1. The third-order valence-electron chi connectivity index (χ3n) is 5.95. The molecule has 1 fully saturated rings. The van der Waals surface area contributed by atoms with E-state index in [1.54, 1.807) is 31.2 Å². The van der Waals surface area contributed by atoms with Crippen LogP contribution < -0.4 is 14.8 Å². The summed E-state index contributed by atoms with van der Waals surface area (Å²) in [7, 11) is 0. The van der Waals surface area contributed by atoms with Gasteiger partial charge in [0.25, 0.3) is 16.8 Å². The number of hydrogen-bond donors (Lipinski definition) is 1. The number of nitro groups is 1. The Hall–Kier alpha value is -5.23. The van der Waals surface area contributed by atoms with E-state index in [-0.39, 0.29) is 16.5 Å². The minimum atomic E-state index is -0.582. The van der Waals surface area contributed by atoms with Gasteiger partial charge in [0.2, 0.25) is 11.8 Å². The monoisotopic (exact) mass is 570 g/mol. The van der Waals surface area contributed by atoms with Gasteiger partial charge in [-0.2, -0.15) is 0 Å². The molecule has 0 unspecified atom stereocenters. The Bertz CT molecular complexity index is 1700. The molecule has 0 aliphatic carbocycles. The van der Waals surface area contributed by atoms with Gasteiger partial charge in [-0.15, -0.1) is 0 Å². The number of carbonyl (C=O) groups excluding carboxylic acids is 3. The molecule has 0 saturated carbocycles. The van der Waals surface area contributed by atoms with Gasteiger partial charge in [0.05, 0.1) is 16.4 Å². The van der Waals surface area contributed by atoms with Crippen molar-refractivity contribution in [3.05, 3.63) is 99.6 Å². The van der Waals surface area contributed by atoms with Gasteiger partial charge < -0.3 is 14.8 Å². The fourth-order valence-corrected chi connectivity index (χ4v) is 4.91. The van der Waals surface area contributed by atoms with Gasteiger partial charge >= 0.3 is 0 Å². The summed E-state index contributed by atoms with van der Waals surface area (Å²) in [6, 6.07) is 20.6. The summed E-state index contributed by atoms with van der Waals surface area (Å²) in [6.07, 6.45) is 2.62. The number of benzene rings is 3. The molecule has 0 atom stereocenters. The van der Waals surface area contributed by atoms with E-state index in [0.717, 1.165) is 33.6 Å². The van der Waals surface area contributed by atoms with Crippen molar-refractivity contribution in [2.75, 3.05) is 18.5 Å². The van der Waals surface area contributed by atoms with Crippen molar-refractivity contribution >= 4 is 57.0 Å². The molecule has 0 spiro atoms. The minimum Gasteiger partial charge on any atom is -0.490 e. The molecule has 1 saturated heterocycles. The Labute approximate surface area is 237 Å². The summed E-state index contributed by atoms with van der Waals surface area (Å²) in [4.78, 5) is 53.7. The lowest BCUT2D eigenvalue weighted by Gasteiger charge is -2.13. The minimum absolute atomic E-state index is 0.132. The third kappa shape index (κ3) is 6.17. The predicted molar refractivity (Wildman–Crippen MR) is 154 cm³/mol. The number of pyridine rings is 1. The number of hydrogen-bond acceptors (Lipinski definition) is 9. The van der Waals surface area contributed by atoms with E-state index in [1.807, 2.05) is 36.4 Å². The van der Waals surface area contributed by atoms with E-state index in [1.165, 1.54) is 18.2 Å². The van der Waals surface area contributed by atoms with E-state index >= 15 is 0 Å². The smallest absolute Gasteiger partial charge is 0.294 e. The maximum atomic E-state index is 13.0. The molecular weight excluding hydrogens is 548 g/mol. The topological polar surface area (TPSA) is 141 Å². The average Bonchev–Trinajstić information content (AvgIpc) is 3.22. The summed E-state index contributed by atoms with van der Waals surface area (Å²) in [5, 5.41) is 14.9. The lowest BCUT2D eigenvalue weighted by atomic mass is 10.1. The van der Waals surface area contributed by atoms with Gasteiger partial charge in [0.15, 0.2) is 11.5 Å². The van der Waals surface area contributed by atoms with Gasteiger partial charge in [-0.1, -0.05) is 42.5 Å². The average molecular weight is 571 g/mol. The molecule has 12 heteroatoms. The molecule has 41 heavy (non-hydrogen) atoms. The van der Waals surface area contributed by atoms with Crippen LogP contribution in [0.4, 0.5) is 16.2 Å². The van der Waals surface area contributed by atoms with Crippen LogP contribution in [0.1, 0.15) is 12.5 Å². The third-order valence-corrected chi connectivity index (χ3v) is 6.86. The Balaban J connectivity index is 1.29. The van der Waals surface area contributed by atoms with E-state index in [0.29, 0.717) is 29.4 Å². The van der Waals surface area contributed by atoms with Crippen molar-refractivity contribution < 1.29 is 28.8 Å². The Morgan fingerprint density at radius 1 is 1.07 bits per heavy atom. The van der Waals surface area contributed by atoms with Crippen molar-refractivity contribution in [3.63, 3.8) is 0 Å². The van der Waals surface area contributed by atoms with Gasteiger partial charge in [0, 0.05) is 23.2 Å². The maximum Gasteiger partial charge on any atom is 0.294 e. The zero-order chi connectivity index (χ0) is 28.9. The second-order valence-electron chi connectivity index (χ2n) is 8.70. The number of fused-ring (bicyclic) bond motifs is 1. The summed E-state index contributed by atoms with van der Waals surface area (Å²) in [6.45, 7) is 1.68. The zero-order valence-corrected chi connectivity index (χ0v) is 22.4. The van der Waals surface area contributed by atoms with Crippen LogP contribution in [0.25, 0.3) is 16.8 Å². The summed E-state index contributed by atoms with van der Waals surface area (Å²) in [5.41, 5.74) is 0.978. The quantitative estimate of drug-likeness (QED) is 0.145. The molecule has 11 nitrogen and oxygen atoms in total. The van der Waals surface area contributed by atoms with E-state index < -0.39 is 28.5 Å². The van der Waals surface area contributed by atoms with Crippen molar-refractivity contribution in [1.82, 2.24) is 9.88 Å². The molecule has 3 amide bonds. The molecule has 0 radical (unpaired) electrons. The maximum absolute atomic E-state index is 13.0. The predicted octanol–water partition coefficient (Wildman–Crippen LogP) is 6.01. The number of carbonyl (C=O) groups is 3. The van der Waals surface area contributed by atoms with Crippen LogP contribution >= 0.6 is 11.8 Å². The number of nitrogens with zero attached hydrogens (tertiary/aromatic N) is 3. The highest BCUT2D eigenvalue weighted by Crippen LogP contribution is 2.36. The highest BCUT2D eigenvalue weighted by molar-refractivity contribution is 8.18. The lowest BCUT2D eigenvalue weighted by Crippen LogP contribution is -2.36. The Morgan fingerprint density at radius 2 is 1.88 bits per heavy atom. The van der Waals surface area contributed by atoms with Gasteiger partial charge in [0.1, 0.15) is 12.7 Å². The van der Waals surface area contributed by atoms with Crippen LogP contribution in [0.2, 0.25) is 0 Å². The van der Waals surface area contributed by atoms with Crippen molar-refractivity contribution in [2.45, 2.75) is 6.92 Å². The second kappa shape index (κ2) is 11.9. The highest BCUT2D eigenvalue weighted by atomic mass is 32.2. The van der Waals surface area contributed by atoms with Crippen LogP contribution in [0.15, 0.2) is 83.9 Å². The van der Waals surface area contributed by atoms with Crippen LogP contribution in [-0.4, -0.2) is 45.0 Å².